The third kappa shape index (κ3) is 3.02. The van der Waals surface area contributed by atoms with Crippen LogP contribution in [0.4, 0.5) is 5.82 Å². The van der Waals surface area contributed by atoms with Crippen LogP contribution in [0, 0.1) is 11.3 Å². The Morgan fingerprint density at radius 2 is 1.75 bits per heavy atom. The summed E-state index contributed by atoms with van der Waals surface area (Å²) < 4.78 is 5.06. The zero-order valence-corrected chi connectivity index (χ0v) is 12.1. The van der Waals surface area contributed by atoms with Gasteiger partial charge in [-0.2, -0.15) is 5.26 Å². The van der Waals surface area contributed by atoms with Crippen LogP contribution in [0.15, 0.2) is 29.1 Å². The molecule has 0 aliphatic rings. The molecule has 24 heavy (non-hydrogen) atoms. The van der Waals surface area contributed by atoms with Crippen LogP contribution < -0.4 is 16.0 Å². The molecule has 0 atom stereocenters. The van der Waals surface area contributed by atoms with E-state index in [0.717, 1.165) is 0 Å². The van der Waals surface area contributed by atoms with Gasteiger partial charge in [0.15, 0.2) is 6.61 Å². The number of nitrogens with zero attached hydrogens (tertiary/aromatic N) is 1. The summed E-state index contributed by atoms with van der Waals surface area (Å²) >= 11 is 0. The molecule has 1 aromatic heterocycles. The van der Waals surface area contributed by atoms with Crippen LogP contribution in [0.3, 0.4) is 0 Å². The number of benzene rings is 1. The number of nitriles is 1. The number of carboxylic acids is 2. The van der Waals surface area contributed by atoms with Gasteiger partial charge in [0, 0.05) is 5.56 Å². The number of nitrogens with one attached hydrogen (secondary N) is 1. The lowest BCUT2D eigenvalue weighted by Gasteiger charge is -2.12. The maximum atomic E-state index is 11.9. The van der Waals surface area contributed by atoms with E-state index in [1.807, 2.05) is 4.98 Å². The minimum Gasteiger partial charge on any atom is -0.479 e. The molecule has 0 amide bonds. The Morgan fingerprint density at radius 1 is 1.17 bits per heavy atom. The van der Waals surface area contributed by atoms with E-state index < -0.39 is 34.4 Å². The van der Waals surface area contributed by atoms with Crippen LogP contribution in [-0.2, 0) is 0 Å². The summed E-state index contributed by atoms with van der Waals surface area (Å²) in [6.07, 6.45) is 0. The minimum absolute atomic E-state index is 0.159. The molecule has 5 N–H and O–H groups in total. The fourth-order valence-corrected chi connectivity index (χ4v) is 2.17. The number of anilines is 1. The molecule has 0 saturated heterocycles. The molecule has 9 nitrogen and oxygen atoms in total. The molecule has 0 saturated carbocycles. The molecule has 0 aliphatic carbocycles. The van der Waals surface area contributed by atoms with Crippen molar-refractivity contribution in [2.75, 3.05) is 12.3 Å². The zero-order chi connectivity index (χ0) is 17.9. The molecule has 0 fully saturated rings. The molecule has 0 radical (unpaired) electrons. The number of aromatic amines is 1. The van der Waals surface area contributed by atoms with Crippen molar-refractivity contribution < 1.29 is 24.5 Å². The molecule has 1 heterocycles. The quantitative estimate of drug-likeness (QED) is 0.628. The maximum Gasteiger partial charge on any atom is 0.342 e. The van der Waals surface area contributed by atoms with Gasteiger partial charge in [-0.3, -0.25) is 4.79 Å². The first kappa shape index (κ1) is 16.6. The van der Waals surface area contributed by atoms with Crippen molar-refractivity contribution in [2.24, 2.45) is 0 Å². The smallest absolute Gasteiger partial charge is 0.342 e. The van der Waals surface area contributed by atoms with Crippen molar-refractivity contribution in [3.8, 4) is 22.9 Å². The molecular formula is C15H11N3O6. The highest BCUT2D eigenvalue weighted by Gasteiger charge is 2.26. The first-order valence-corrected chi connectivity index (χ1v) is 6.49. The number of aromatic nitrogens is 1. The SMILES string of the molecule is N#CCOc1ccc(-c2c(C(=O)O)c(N)[nH]c(=O)c2C(=O)O)cc1. The highest BCUT2D eigenvalue weighted by atomic mass is 16.5. The number of nitrogen functional groups attached to an aromatic ring is 1. The van der Waals surface area contributed by atoms with Crippen molar-refractivity contribution in [1.29, 1.82) is 5.26 Å². The van der Waals surface area contributed by atoms with E-state index in [1.54, 1.807) is 6.07 Å². The second-order valence-electron chi connectivity index (χ2n) is 4.57. The molecule has 0 unspecified atom stereocenters. The van der Waals surface area contributed by atoms with Gasteiger partial charge in [-0.05, 0) is 17.7 Å². The van der Waals surface area contributed by atoms with E-state index in [0.29, 0.717) is 5.75 Å². The van der Waals surface area contributed by atoms with Gasteiger partial charge in [0.05, 0.1) is 0 Å². The molecule has 9 heteroatoms. The number of hydrogen-bond donors (Lipinski definition) is 4. The Balaban J connectivity index is 2.72. The Bertz CT molecular complexity index is 909. The topological polar surface area (TPSA) is 166 Å². The predicted octanol–water partition coefficient (Wildman–Crippen LogP) is 0.923. The average Bonchev–Trinajstić information content (AvgIpc) is 2.51. The summed E-state index contributed by atoms with van der Waals surface area (Å²) in [4.78, 5) is 36.8. The minimum atomic E-state index is -1.58. The van der Waals surface area contributed by atoms with Gasteiger partial charge in [-0.1, -0.05) is 12.1 Å². The van der Waals surface area contributed by atoms with E-state index in [1.165, 1.54) is 24.3 Å². The summed E-state index contributed by atoms with van der Waals surface area (Å²) in [7, 11) is 0. The summed E-state index contributed by atoms with van der Waals surface area (Å²) in [6, 6.07) is 7.37. The average molecular weight is 329 g/mol. The lowest BCUT2D eigenvalue weighted by Crippen LogP contribution is -2.24. The van der Waals surface area contributed by atoms with Crippen LogP contribution >= 0.6 is 0 Å². The fourth-order valence-electron chi connectivity index (χ4n) is 2.17. The van der Waals surface area contributed by atoms with Crippen molar-refractivity contribution >= 4 is 17.8 Å². The van der Waals surface area contributed by atoms with E-state index in [9.17, 15) is 24.6 Å². The Morgan fingerprint density at radius 3 is 2.25 bits per heavy atom. The van der Waals surface area contributed by atoms with Crippen molar-refractivity contribution in [2.45, 2.75) is 0 Å². The third-order valence-electron chi connectivity index (χ3n) is 3.12. The van der Waals surface area contributed by atoms with Gasteiger partial charge in [0.2, 0.25) is 0 Å². The van der Waals surface area contributed by atoms with Gasteiger partial charge < -0.3 is 25.7 Å². The number of rotatable bonds is 5. The summed E-state index contributed by atoms with van der Waals surface area (Å²) in [5.41, 5.74) is 3.14. The van der Waals surface area contributed by atoms with E-state index in [-0.39, 0.29) is 17.7 Å². The molecule has 1 aromatic carbocycles. The maximum absolute atomic E-state index is 11.9. The van der Waals surface area contributed by atoms with Gasteiger partial charge in [-0.25, -0.2) is 9.59 Å². The van der Waals surface area contributed by atoms with E-state index in [4.69, 9.17) is 15.7 Å². The van der Waals surface area contributed by atoms with Crippen LogP contribution in [0.5, 0.6) is 5.75 Å². The molecule has 2 aromatic rings. The summed E-state index contributed by atoms with van der Waals surface area (Å²) in [6.45, 7) is -0.182. The number of nitrogens with two attached hydrogens (primary N) is 1. The number of pyridine rings is 1. The molecule has 2 rings (SSSR count). The highest BCUT2D eigenvalue weighted by molar-refractivity contribution is 6.07. The molecule has 0 aliphatic heterocycles. The molecule has 122 valence electrons. The molecular weight excluding hydrogens is 318 g/mol. The van der Waals surface area contributed by atoms with Crippen molar-refractivity contribution in [3.63, 3.8) is 0 Å². The highest BCUT2D eigenvalue weighted by Crippen LogP contribution is 2.30. The number of ether oxygens (including phenoxy) is 1. The predicted molar refractivity (Wildman–Crippen MR) is 81.9 cm³/mol. The summed E-state index contributed by atoms with van der Waals surface area (Å²) in [5.74, 6) is -3.19. The normalized spacial score (nSPS) is 9.96. The van der Waals surface area contributed by atoms with Crippen LogP contribution in [0.2, 0.25) is 0 Å². The Kier molecular flexibility index (Phi) is 4.51. The van der Waals surface area contributed by atoms with E-state index in [2.05, 4.69) is 0 Å². The van der Waals surface area contributed by atoms with Crippen LogP contribution in [0.1, 0.15) is 20.7 Å². The zero-order valence-electron chi connectivity index (χ0n) is 12.1. The number of carbonyl (C=O) groups is 2. The van der Waals surface area contributed by atoms with E-state index >= 15 is 0 Å². The lowest BCUT2D eigenvalue weighted by atomic mass is 9.95. The molecule has 0 bridgehead atoms. The van der Waals surface area contributed by atoms with Crippen molar-refractivity contribution in [1.82, 2.24) is 4.98 Å². The summed E-state index contributed by atoms with van der Waals surface area (Å²) in [5, 5.41) is 27.0. The standard InChI is InChI=1S/C15H11N3O6/c16-5-6-24-8-3-1-7(2-4-8)9-10(14(20)21)12(17)18-13(19)11(9)15(22)23/h1-4H,6H2,(H,20,21)(H,22,23)(H3,17,18,19). The van der Waals surface area contributed by atoms with Gasteiger partial charge in [0.25, 0.3) is 5.56 Å². The number of carboxylic acid groups (broad SMARTS) is 2. The van der Waals surface area contributed by atoms with Crippen LogP contribution in [0.25, 0.3) is 11.1 Å². The second kappa shape index (κ2) is 6.53. The second-order valence-corrected chi connectivity index (χ2v) is 4.57. The van der Waals surface area contributed by atoms with Crippen molar-refractivity contribution in [3.05, 3.63) is 45.7 Å². The number of aromatic carboxylic acids is 2. The van der Waals surface area contributed by atoms with Gasteiger partial charge in [0.1, 0.15) is 28.8 Å². The lowest BCUT2D eigenvalue weighted by molar-refractivity contribution is 0.0695. The fraction of sp³-hybridized carbons (Fsp3) is 0.0667. The first-order valence-electron chi connectivity index (χ1n) is 6.49. The van der Waals surface area contributed by atoms with Crippen LogP contribution in [-0.4, -0.2) is 33.7 Å². The Labute approximate surface area is 134 Å². The monoisotopic (exact) mass is 329 g/mol. The van der Waals surface area contributed by atoms with Gasteiger partial charge in [-0.15, -0.1) is 0 Å². The Hall–Kier alpha value is -3.80. The number of hydrogen-bond acceptors (Lipinski definition) is 6. The molecule has 0 spiro atoms. The third-order valence-corrected chi connectivity index (χ3v) is 3.12. The largest absolute Gasteiger partial charge is 0.479 e. The first-order chi connectivity index (χ1) is 11.4. The number of H-pyrrole nitrogens is 1. The van der Waals surface area contributed by atoms with Gasteiger partial charge >= 0.3 is 11.9 Å².